The summed E-state index contributed by atoms with van der Waals surface area (Å²) in [6, 6.07) is 1.66. The van der Waals surface area contributed by atoms with E-state index in [4.69, 9.17) is 11.6 Å². The zero-order valence-corrected chi connectivity index (χ0v) is 9.71. The molecule has 0 aliphatic carbocycles. The Morgan fingerprint density at radius 2 is 2.20 bits per heavy atom. The summed E-state index contributed by atoms with van der Waals surface area (Å²) in [4.78, 5) is 15.6. The van der Waals surface area contributed by atoms with Gasteiger partial charge in [-0.1, -0.05) is 25.4 Å². The molecule has 1 aromatic rings. The van der Waals surface area contributed by atoms with Crippen molar-refractivity contribution in [2.75, 3.05) is 5.32 Å². The third-order valence-electron chi connectivity index (χ3n) is 2.38. The zero-order valence-electron chi connectivity index (χ0n) is 8.96. The Balaban J connectivity index is 2.70. The number of carbonyl (C=O) groups excluding carboxylic acids is 1. The lowest BCUT2D eigenvalue weighted by Gasteiger charge is -2.13. The van der Waals surface area contributed by atoms with E-state index in [9.17, 15) is 4.79 Å². The van der Waals surface area contributed by atoms with E-state index in [0.29, 0.717) is 10.7 Å². The van der Waals surface area contributed by atoms with E-state index in [0.717, 1.165) is 12.8 Å². The maximum atomic E-state index is 11.7. The van der Waals surface area contributed by atoms with Gasteiger partial charge >= 0.3 is 0 Å². The smallest absolute Gasteiger partial charge is 0.227 e. The molecule has 82 valence electrons. The van der Waals surface area contributed by atoms with E-state index in [-0.39, 0.29) is 11.8 Å². The van der Waals surface area contributed by atoms with Crippen molar-refractivity contribution in [1.82, 2.24) is 4.98 Å². The minimum atomic E-state index is 0.00917. The molecule has 1 N–H and O–H groups in total. The number of hydrogen-bond acceptors (Lipinski definition) is 2. The topological polar surface area (TPSA) is 42.0 Å². The first kappa shape index (κ1) is 12.0. The first-order chi connectivity index (χ1) is 7.19. The van der Waals surface area contributed by atoms with Gasteiger partial charge in [-0.15, -0.1) is 0 Å². The van der Waals surface area contributed by atoms with Gasteiger partial charge in [0.05, 0.1) is 16.9 Å². The molecule has 0 saturated carbocycles. The van der Waals surface area contributed by atoms with Gasteiger partial charge in [-0.05, 0) is 18.9 Å². The number of carbonyl (C=O) groups is 1. The normalized spacial score (nSPS) is 10.4. The number of pyridine rings is 1. The van der Waals surface area contributed by atoms with Crippen LogP contribution in [0.5, 0.6) is 0 Å². The second-order valence-electron chi connectivity index (χ2n) is 3.36. The van der Waals surface area contributed by atoms with Crippen LogP contribution in [0.3, 0.4) is 0 Å². The van der Waals surface area contributed by atoms with E-state index < -0.39 is 0 Å². The minimum absolute atomic E-state index is 0.00917. The van der Waals surface area contributed by atoms with Crippen molar-refractivity contribution in [2.45, 2.75) is 26.7 Å². The molecule has 1 heterocycles. The average molecular weight is 227 g/mol. The Morgan fingerprint density at radius 3 is 2.73 bits per heavy atom. The van der Waals surface area contributed by atoms with Crippen LogP contribution in [0.15, 0.2) is 18.5 Å². The molecule has 1 aromatic heterocycles. The van der Waals surface area contributed by atoms with Crippen molar-refractivity contribution >= 4 is 23.2 Å². The maximum absolute atomic E-state index is 11.7. The van der Waals surface area contributed by atoms with Crippen LogP contribution in [-0.4, -0.2) is 10.9 Å². The molecule has 0 spiro atoms. The monoisotopic (exact) mass is 226 g/mol. The number of amides is 1. The Morgan fingerprint density at radius 1 is 1.53 bits per heavy atom. The summed E-state index contributed by atoms with van der Waals surface area (Å²) >= 11 is 5.90. The lowest BCUT2D eigenvalue weighted by molar-refractivity contribution is -0.120. The summed E-state index contributed by atoms with van der Waals surface area (Å²) in [7, 11) is 0. The first-order valence-corrected chi connectivity index (χ1v) is 5.47. The number of aromatic nitrogens is 1. The van der Waals surface area contributed by atoms with Crippen LogP contribution in [0.25, 0.3) is 0 Å². The van der Waals surface area contributed by atoms with E-state index in [1.807, 2.05) is 13.8 Å². The van der Waals surface area contributed by atoms with Gasteiger partial charge in [0.2, 0.25) is 5.91 Å². The fourth-order valence-electron chi connectivity index (χ4n) is 1.36. The zero-order chi connectivity index (χ0) is 11.3. The standard InChI is InChI=1S/C11H15ClN2O/c1-3-8(4-2)11(15)14-10-7-13-6-5-9(10)12/h5-8H,3-4H2,1-2H3,(H,14,15). The quantitative estimate of drug-likeness (QED) is 0.857. The van der Waals surface area contributed by atoms with Gasteiger partial charge < -0.3 is 5.32 Å². The molecule has 15 heavy (non-hydrogen) atoms. The van der Waals surface area contributed by atoms with Crippen molar-refractivity contribution in [1.29, 1.82) is 0 Å². The Labute approximate surface area is 94.9 Å². The largest absolute Gasteiger partial charge is 0.323 e. The van der Waals surface area contributed by atoms with Gasteiger partial charge in [0.15, 0.2) is 0 Å². The minimum Gasteiger partial charge on any atom is -0.323 e. The lowest BCUT2D eigenvalue weighted by atomic mass is 10.0. The highest BCUT2D eigenvalue weighted by Crippen LogP contribution is 2.20. The van der Waals surface area contributed by atoms with Crippen molar-refractivity contribution in [2.24, 2.45) is 5.92 Å². The van der Waals surface area contributed by atoms with Crippen molar-refractivity contribution in [3.05, 3.63) is 23.5 Å². The third-order valence-corrected chi connectivity index (χ3v) is 2.71. The Kier molecular flexibility index (Phi) is 4.56. The highest BCUT2D eigenvalue weighted by molar-refractivity contribution is 6.33. The molecule has 1 amide bonds. The second kappa shape index (κ2) is 5.71. The summed E-state index contributed by atoms with van der Waals surface area (Å²) in [5, 5.41) is 3.30. The van der Waals surface area contributed by atoms with Gasteiger partial charge in [-0.3, -0.25) is 9.78 Å². The van der Waals surface area contributed by atoms with Crippen molar-refractivity contribution < 1.29 is 4.79 Å². The molecular weight excluding hydrogens is 212 g/mol. The van der Waals surface area contributed by atoms with E-state index >= 15 is 0 Å². The van der Waals surface area contributed by atoms with Crippen LogP contribution in [0.4, 0.5) is 5.69 Å². The SMILES string of the molecule is CCC(CC)C(=O)Nc1cnccc1Cl. The molecule has 0 unspecified atom stereocenters. The van der Waals surface area contributed by atoms with Gasteiger partial charge in [0.25, 0.3) is 0 Å². The molecule has 4 heteroatoms. The number of halogens is 1. The van der Waals surface area contributed by atoms with Gasteiger partial charge in [0, 0.05) is 12.1 Å². The molecule has 3 nitrogen and oxygen atoms in total. The molecule has 1 rings (SSSR count). The maximum Gasteiger partial charge on any atom is 0.227 e. The van der Waals surface area contributed by atoms with Gasteiger partial charge in [-0.25, -0.2) is 0 Å². The van der Waals surface area contributed by atoms with E-state index in [1.54, 1.807) is 18.5 Å². The predicted molar refractivity (Wildman–Crippen MR) is 61.9 cm³/mol. The molecule has 0 atom stereocenters. The molecule has 0 radical (unpaired) electrons. The number of nitrogens with zero attached hydrogens (tertiary/aromatic N) is 1. The highest BCUT2D eigenvalue weighted by atomic mass is 35.5. The summed E-state index contributed by atoms with van der Waals surface area (Å²) in [6.45, 7) is 4.00. The third kappa shape index (κ3) is 3.20. The van der Waals surface area contributed by atoms with Crippen molar-refractivity contribution in [3.63, 3.8) is 0 Å². The molecule has 0 saturated heterocycles. The first-order valence-electron chi connectivity index (χ1n) is 5.09. The summed E-state index contributed by atoms with van der Waals surface area (Å²) in [5.74, 6) is 0.0520. The molecular formula is C11H15ClN2O. The van der Waals surface area contributed by atoms with Crippen LogP contribution in [0, 0.1) is 5.92 Å². The lowest BCUT2D eigenvalue weighted by Crippen LogP contribution is -2.21. The summed E-state index contributed by atoms with van der Waals surface area (Å²) < 4.78 is 0. The fourth-order valence-corrected chi connectivity index (χ4v) is 1.52. The van der Waals surface area contributed by atoms with Gasteiger partial charge in [-0.2, -0.15) is 0 Å². The molecule has 0 aromatic carbocycles. The Bertz CT molecular complexity index is 337. The van der Waals surface area contributed by atoms with Gasteiger partial charge in [0.1, 0.15) is 0 Å². The average Bonchev–Trinajstić information content (AvgIpc) is 2.23. The van der Waals surface area contributed by atoms with E-state index in [1.165, 1.54) is 0 Å². The fraction of sp³-hybridized carbons (Fsp3) is 0.455. The number of anilines is 1. The van der Waals surface area contributed by atoms with Crippen LogP contribution in [0.2, 0.25) is 5.02 Å². The molecule has 0 fully saturated rings. The van der Waals surface area contributed by atoms with Crippen LogP contribution >= 0.6 is 11.6 Å². The second-order valence-corrected chi connectivity index (χ2v) is 3.77. The molecule has 0 bridgehead atoms. The van der Waals surface area contributed by atoms with Crippen molar-refractivity contribution in [3.8, 4) is 0 Å². The molecule has 0 aliphatic heterocycles. The number of rotatable bonds is 4. The predicted octanol–water partition coefficient (Wildman–Crippen LogP) is 3.11. The number of hydrogen-bond donors (Lipinski definition) is 1. The van der Waals surface area contributed by atoms with Crippen LogP contribution < -0.4 is 5.32 Å². The number of nitrogens with one attached hydrogen (secondary N) is 1. The highest BCUT2D eigenvalue weighted by Gasteiger charge is 2.14. The molecule has 0 aliphatic rings. The Hall–Kier alpha value is -1.09. The van der Waals surface area contributed by atoms with Crippen LogP contribution in [-0.2, 0) is 4.79 Å². The van der Waals surface area contributed by atoms with Crippen LogP contribution in [0.1, 0.15) is 26.7 Å². The summed E-state index contributed by atoms with van der Waals surface area (Å²) in [5.41, 5.74) is 0.580. The van der Waals surface area contributed by atoms with E-state index in [2.05, 4.69) is 10.3 Å². The summed E-state index contributed by atoms with van der Waals surface area (Å²) in [6.07, 6.45) is 4.82.